The summed E-state index contributed by atoms with van der Waals surface area (Å²) in [6.45, 7) is 0. The molecule has 0 amide bonds. The van der Waals surface area contributed by atoms with E-state index >= 15 is 0 Å². The summed E-state index contributed by atoms with van der Waals surface area (Å²) in [7, 11) is 0. The number of carboxylic acid groups (broad SMARTS) is 1. The van der Waals surface area contributed by atoms with E-state index in [1.54, 1.807) is 0 Å². The molecule has 0 aliphatic carbocycles. The molecule has 0 fully saturated rings. The van der Waals surface area contributed by atoms with Crippen molar-refractivity contribution in [2.45, 2.75) is 12.3 Å². The number of hydrogen-bond donors (Lipinski definition) is 2. The van der Waals surface area contributed by atoms with Crippen LogP contribution in [0.1, 0.15) is 5.56 Å². The normalized spacial score (nSPS) is 18.3. The molecule has 1 aliphatic rings. The van der Waals surface area contributed by atoms with Gasteiger partial charge in [-0.2, -0.15) is 13.2 Å². The van der Waals surface area contributed by atoms with Gasteiger partial charge in [0, 0.05) is 0 Å². The Kier molecular flexibility index (Phi) is 3.09. The Bertz CT molecular complexity index is 580. The highest BCUT2D eigenvalue weighted by Gasteiger charge is 2.48. The van der Waals surface area contributed by atoms with Crippen LogP contribution in [0.5, 0.6) is 11.5 Å². The lowest BCUT2D eigenvalue weighted by molar-refractivity contribution is -0.187. The number of alkyl halides is 3. The topological polar surface area (TPSA) is 66.8 Å². The van der Waals surface area contributed by atoms with E-state index in [-0.39, 0.29) is 16.3 Å². The molecule has 1 aliphatic heterocycles. The SMILES string of the molecule is O=C(O)C1=Cc2c(ccc(Cl)c2O)OC1C(F)(F)F. The van der Waals surface area contributed by atoms with Crippen LogP contribution < -0.4 is 4.74 Å². The van der Waals surface area contributed by atoms with Gasteiger partial charge in [-0.1, -0.05) is 11.6 Å². The van der Waals surface area contributed by atoms with Gasteiger partial charge in [0.25, 0.3) is 0 Å². The average Bonchev–Trinajstić information content (AvgIpc) is 2.31. The first-order valence-corrected chi connectivity index (χ1v) is 5.29. The van der Waals surface area contributed by atoms with Crippen LogP contribution in [-0.4, -0.2) is 28.5 Å². The minimum Gasteiger partial charge on any atom is -0.506 e. The number of carbonyl (C=O) groups is 1. The van der Waals surface area contributed by atoms with Crippen molar-refractivity contribution < 1.29 is 32.9 Å². The number of benzene rings is 1. The summed E-state index contributed by atoms with van der Waals surface area (Å²) in [6.07, 6.45) is -6.75. The van der Waals surface area contributed by atoms with E-state index in [0.717, 1.165) is 12.1 Å². The maximum absolute atomic E-state index is 12.7. The minimum absolute atomic E-state index is 0.117. The summed E-state index contributed by atoms with van der Waals surface area (Å²) in [5.74, 6) is -2.60. The van der Waals surface area contributed by atoms with E-state index in [9.17, 15) is 23.1 Å². The van der Waals surface area contributed by atoms with Crippen molar-refractivity contribution in [2.24, 2.45) is 0 Å². The molecule has 0 spiro atoms. The summed E-state index contributed by atoms with van der Waals surface area (Å²) in [5, 5.41) is 18.3. The fraction of sp³-hybridized carbons (Fsp3) is 0.182. The number of rotatable bonds is 1. The van der Waals surface area contributed by atoms with Gasteiger partial charge in [0.05, 0.1) is 16.2 Å². The van der Waals surface area contributed by atoms with Gasteiger partial charge in [0.2, 0.25) is 6.10 Å². The number of halogens is 4. The maximum Gasteiger partial charge on any atom is 0.430 e. The Morgan fingerprint density at radius 3 is 2.53 bits per heavy atom. The summed E-state index contributed by atoms with van der Waals surface area (Å²) in [4.78, 5) is 10.9. The van der Waals surface area contributed by atoms with Crippen LogP contribution in [0.4, 0.5) is 13.2 Å². The standard InChI is InChI=1S/C11H6ClF3O4/c12-6-1-2-7-4(8(6)16)3-5(10(17)18)9(19-7)11(13,14)15/h1-3,9,16H,(H,17,18). The first-order valence-electron chi connectivity index (χ1n) is 4.91. The van der Waals surface area contributed by atoms with Gasteiger partial charge in [0.1, 0.15) is 11.5 Å². The van der Waals surface area contributed by atoms with Gasteiger partial charge < -0.3 is 14.9 Å². The molecular formula is C11H6ClF3O4. The predicted octanol–water partition coefficient (Wildman–Crippen LogP) is 2.84. The van der Waals surface area contributed by atoms with Gasteiger partial charge in [-0.3, -0.25) is 0 Å². The highest BCUT2D eigenvalue weighted by atomic mass is 35.5. The Morgan fingerprint density at radius 1 is 1.37 bits per heavy atom. The second-order valence-corrected chi connectivity index (χ2v) is 4.16. The summed E-state index contributed by atoms with van der Waals surface area (Å²) < 4.78 is 42.7. The van der Waals surface area contributed by atoms with Crippen LogP contribution in [0.3, 0.4) is 0 Å². The number of aliphatic carboxylic acids is 1. The third-order valence-electron chi connectivity index (χ3n) is 2.50. The molecule has 1 unspecified atom stereocenters. The van der Waals surface area contributed by atoms with Crippen molar-refractivity contribution in [1.29, 1.82) is 0 Å². The molecule has 0 radical (unpaired) electrons. The number of hydrogen-bond acceptors (Lipinski definition) is 3. The molecule has 0 saturated carbocycles. The van der Waals surface area contributed by atoms with Gasteiger partial charge >= 0.3 is 12.1 Å². The van der Waals surface area contributed by atoms with Crippen molar-refractivity contribution in [3.8, 4) is 11.5 Å². The third-order valence-corrected chi connectivity index (χ3v) is 2.80. The Balaban J connectivity index is 2.61. The molecule has 102 valence electrons. The molecule has 8 heteroatoms. The predicted molar refractivity (Wildman–Crippen MR) is 59.2 cm³/mol. The van der Waals surface area contributed by atoms with Gasteiger partial charge in [-0.25, -0.2) is 4.79 Å². The monoisotopic (exact) mass is 294 g/mol. The van der Waals surface area contributed by atoms with E-state index in [1.807, 2.05) is 0 Å². The lowest BCUT2D eigenvalue weighted by Crippen LogP contribution is -2.40. The third kappa shape index (κ3) is 2.33. The van der Waals surface area contributed by atoms with Crippen molar-refractivity contribution in [2.75, 3.05) is 0 Å². The Hall–Kier alpha value is -1.89. The first-order chi connectivity index (χ1) is 8.71. The van der Waals surface area contributed by atoms with E-state index in [2.05, 4.69) is 4.74 Å². The van der Waals surface area contributed by atoms with Gasteiger partial charge in [0.15, 0.2) is 0 Å². The molecule has 0 saturated heterocycles. The molecule has 4 nitrogen and oxygen atoms in total. The lowest BCUT2D eigenvalue weighted by atomic mass is 10.0. The number of aromatic hydroxyl groups is 1. The van der Waals surface area contributed by atoms with Gasteiger partial charge in [-0.05, 0) is 18.2 Å². The highest BCUT2D eigenvalue weighted by molar-refractivity contribution is 6.32. The van der Waals surface area contributed by atoms with E-state index in [4.69, 9.17) is 16.7 Å². The first kappa shape index (κ1) is 13.5. The van der Waals surface area contributed by atoms with E-state index in [0.29, 0.717) is 6.08 Å². The largest absolute Gasteiger partial charge is 0.506 e. The fourth-order valence-corrected chi connectivity index (χ4v) is 1.81. The molecule has 0 bridgehead atoms. The number of ether oxygens (including phenoxy) is 1. The van der Waals surface area contributed by atoms with Crippen molar-refractivity contribution in [3.05, 3.63) is 28.3 Å². The molecule has 1 aromatic carbocycles. The zero-order valence-corrected chi connectivity index (χ0v) is 9.79. The second kappa shape index (κ2) is 4.34. The van der Waals surface area contributed by atoms with Gasteiger partial charge in [-0.15, -0.1) is 0 Å². The molecule has 2 N–H and O–H groups in total. The molecule has 2 rings (SSSR count). The molecular weight excluding hydrogens is 289 g/mol. The van der Waals surface area contributed by atoms with Crippen molar-refractivity contribution in [1.82, 2.24) is 0 Å². The number of fused-ring (bicyclic) bond motifs is 1. The fourth-order valence-electron chi connectivity index (χ4n) is 1.64. The summed E-state index contributed by atoms with van der Waals surface area (Å²) in [5.41, 5.74) is -1.21. The molecule has 0 aromatic heterocycles. The zero-order valence-electron chi connectivity index (χ0n) is 9.03. The zero-order chi connectivity index (χ0) is 14.4. The molecule has 1 atom stereocenters. The molecule has 1 aromatic rings. The van der Waals surface area contributed by atoms with Crippen molar-refractivity contribution >= 4 is 23.6 Å². The van der Waals surface area contributed by atoms with Crippen LogP contribution >= 0.6 is 11.6 Å². The quantitative estimate of drug-likeness (QED) is 0.836. The lowest BCUT2D eigenvalue weighted by Gasteiger charge is -2.27. The van der Waals surface area contributed by atoms with Crippen LogP contribution in [-0.2, 0) is 4.79 Å². The Labute approximate surface area is 109 Å². The molecule has 1 heterocycles. The smallest absolute Gasteiger partial charge is 0.430 e. The summed E-state index contributed by atoms with van der Waals surface area (Å²) in [6, 6.07) is 2.29. The van der Waals surface area contributed by atoms with E-state index in [1.165, 1.54) is 0 Å². The second-order valence-electron chi connectivity index (χ2n) is 3.75. The van der Waals surface area contributed by atoms with Crippen LogP contribution in [0.2, 0.25) is 5.02 Å². The van der Waals surface area contributed by atoms with Crippen LogP contribution in [0.25, 0.3) is 6.08 Å². The molecule has 19 heavy (non-hydrogen) atoms. The van der Waals surface area contributed by atoms with Crippen LogP contribution in [0.15, 0.2) is 17.7 Å². The number of phenols is 1. The van der Waals surface area contributed by atoms with Crippen LogP contribution in [0, 0.1) is 0 Å². The van der Waals surface area contributed by atoms with E-state index < -0.39 is 29.6 Å². The maximum atomic E-state index is 12.7. The number of carboxylic acids is 1. The minimum atomic E-state index is -4.88. The summed E-state index contributed by atoms with van der Waals surface area (Å²) >= 11 is 5.59. The Morgan fingerprint density at radius 2 is 2.00 bits per heavy atom. The average molecular weight is 295 g/mol. The van der Waals surface area contributed by atoms with Crippen molar-refractivity contribution in [3.63, 3.8) is 0 Å². The number of phenolic OH excluding ortho intramolecular Hbond substituents is 1. The highest BCUT2D eigenvalue weighted by Crippen LogP contribution is 2.43.